The van der Waals surface area contributed by atoms with Crippen molar-refractivity contribution in [2.45, 2.75) is 0 Å². The number of hydrogen-bond acceptors (Lipinski definition) is 3. The van der Waals surface area contributed by atoms with E-state index < -0.39 is 5.82 Å². The fourth-order valence-electron chi connectivity index (χ4n) is 1.98. The van der Waals surface area contributed by atoms with Gasteiger partial charge in [-0.3, -0.25) is 4.79 Å². The number of allylic oxidation sites excluding steroid dienone is 1. The van der Waals surface area contributed by atoms with Crippen LogP contribution < -0.4 is 9.64 Å². The van der Waals surface area contributed by atoms with Crippen LogP contribution in [-0.4, -0.2) is 27.0 Å². The third-order valence-electron chi connectivity index (χ3n) is 3.27. The van der Waals surface area contributed by atoms with Crippen molar-refractivity contribution in [3.05, 3.63) is 65.5 Å². The van der Waals surface area contributed by atoms with E-state index in [1.165, 1.54) is 25.3 Å². The molecule has 0 spiro atoms. The number of nitrogens with zero attached hydrogens (tertiary/aromatic N) is 1. The predicted molar refractivity (Wildman–Crippen MR) is 87.1 cm³/mol. The number of rotatable bonds is 5. The number of halogens is 1. The first-order chi connectivity index (χ1) is 10.5. The fraction of sp³-hybridized carbons (Fsp3) is 0.167. The molecule has 0 saturated heterocycles. The highest BCUT2D eigenvalue weighted by atomic mass is 19.1. The minimum absolute atomic E-state index is 0.124. The van der Waals surface area contributed by atoms with Crippen molar-refractivity contribution in [1.82, 2.24) is 0 Å². The maximum Gasteiger partial charge on any atom is 0.185 e. The summed E-state index contributed by atoms with van der Waals surface area (Å²) >= 11 is 0. The van der Waals surface area contributed by atoms with Gasteiger partial charge < -0.3 is 9.64 Å². The number of carbonyl (C=O) groups excluding carboxylic acids is 1. The maximum absolute atomic E-state index is 13.6. The normalized spacial score (nSPS) is 10.7. The molecule has 2 aromatic rings. The third-order valence-corrected chi connectivity index (χ3v) is 3.27. The Labute approximate surface area is 129 Å². The van der Waals surface area contributed by atoms with E-state index in [1.54, 1.807) is 24.3 Å². The van der Waals surface area contributed by atoms with E-state index in [2.05, 4.69) is 0 Å². The molecular weight excluding hydrogens is 281 g/mol. The number of methoxy groups -OCH3 is 1. The molecule has 0 atom stereocenters. The van der Waals surface area contributed by atoms with Gasteiger partial charge in [0.2, 0.25) is 0 Å². The second-order valence-corrected chi connectivity index (χ2v) is 5.03. The van der Waals surface area contributed by atoms with Crippen LogP contribution in [0, 0.1) is 5.82 Å². The molecule has 0 heterocycles. The van der Waals surface area contributed by atoms with E-state index in [9.17, 15) is 9.18 Å². The topological polar surface area (TPSA) is 29.5 Å². The highest BCUT2D eigenvalue weighted by Gasteiger charge is 2.04. The van der Waals surface area contributed by atoms with Gasteiger partial charge in [0.15, 0.2) is 17.3 Å². The summed E-state index contributed by atoms with van der Waals surface area (Å²) in [5.41, 5.74) is 2.23. The van der Waals surface area contributed by atoms with Crippen molar-refractivity contribution in [2.75, 3.05) is 26.1 Å². The van der Waals surface area contributed by atoms with Crippen molar-refractivity contribution < 1.29 is 13.9 Å². The molecule has 0 unspecified atom stereocenters. The minimum atomic E-state index is -0.451. The summed E-state index contributed by atoms with van der Waals surface area (Å²) in [7, 11) is 5.29. The van der Waals surface area contributed by atoms with E-state index in [-0.39, 0.29) is 11.5 Å². The molecule has 0 bridgehead atoms. The molecule has 0 aliphatic rings. The summed E-state index contributed by atoms with van der Waals surface area (Å²) in [6.45, 7) is 0. The standard InChI is InChI=1S/C18H18FNO2/c1-20(2)15-8-6-14(7-9-15)17(21)10-4-13-5-11-18(22-3)16(19)12-13/h4-12H,1-3H3/b10-4+. The second-order valence-electron chi connectivity index (χ2n) is 5.03. The lowest BCUT2D eigenvalue weighted by Crippen LogP contribution is -2.08. The number of ketones is 1. The molecule has 0 fully saturated rings. The van der Waals surface area contributed by atoms with E-state index in [0.717, 1.165) is 5.69 Å². The average molecular weight is 299 g/mol. The lowest BCUT2D eigenvalue weighted by molar-refractivity contribution is 0.104. The van der Waals surface area contributed by atoms with Gasteiger partial charge in [0.05, 0.1) is 7.11 Å². The molecule has 0 aliphatic heterocycles. The summed E-state index contributed by atoms with van der Waals surface area (Å²) < 4.78 is 18.4. The van der Waals surface area contributed by atoms with Crippen LogP contribution in [0.5, 0.6) is 5.75 Å². The summed E-state index contributed by atoms with van der Waals surface area (Å²) in [5.74, 6) is -0.392. The van der Waals surface area contributed by atoms with Gasteiger partial charge in [-0.2, -0.15) is 0 Å². The predicted octanol–water partition coefficient (Wildman–Crippen LogP) is 3.80. The Balaban J connectivity index is 2.12. The summed E-state index contributed by atoms with van der Waals surface area (Å²) in [6.07, 6.45) is 3.02. The summed E-state index contributed by atoms with van der Waals surface area (Å²) in [6, 6.07) is 11.9. The lowest BCUT2D eigenvalue weighted by atomic mass is 10.1. The van der Waals surface area contributed by atoms with Crippen molar-refractivity contribution in [3.63, 3.8) is 0 Å². The Kier molecular flexibility index (Phi) is 4.94. The zero-order valence-electron chi connectivity index (χ0n) is 12.8. The summed E-state index contributed by atoms with van der Waals surface area (Å²) in [4.78, 5) is 14.1. The SMILES string of the molecule is COc1ccc(/C=C/C(=O)c2ccc(N(C)C)cc2)cc1F. The van der Waals surface area contributed by atoms with E-state index in [4.69, 9.17) is 4.74 Å². The van der Waals surface area contributed by atoms with Gasteiger partial charge in [-0.25, -0.2) is 4.39 Å². The Morgan fingerprint density at radius 2 is 1.82 bits per heavy atom. The largest absolute Gasteiger partial charge is 0.494 e. The van der Waals surface area contributed by atoms with E-state index in [0.29, 0.717) is 11.1 Å². The Hall–Kier alpha value is -2.62. The molecule has 0 saturated carbocycles. The molecular formula is C18H18FNO2. The van der Waals surface area contributed by atoms with Crippen molar-refractivity contribution in [2.24, 2.45) is 0 Å². The smallest absolute Gasteiger partial charge is 0.185 e. The van der Waals surface area contributed by atoms with Crippen LogP contribution in [0.15, 0.2) is 48.5 Å². The van der Waals surface area contributed by atoms with Gasteiger partial charge in [0, 0.05) is 25.3 Å². The third kappa shape index (κ3) is 3.73. The Morgan fingerprint density at radius 1 is 1.14 bits per heavy atom. The average Bonchev–Trinajstić information content (AvgIpc) is 2.52. The second kappa shape index (κ2) is 6.89. The maximum atomic E-state index is 13.6. The van der Waals surface area contributed by atoms with Crippen LogP contribution in [0.3, 0.4) is 0 Å². The fourth-order valence-corrected chi connectivity index (χ4v) is 1.98. The van der Waals surface area contributed by atoms with Gasteiger partial charge in [0.25, 0.3) is 0 Å². The van der Waals surface area contributed by atoms with Crippen LogP contribution in [0.1, 0.15) is 15.9 Å². The van der Waals surface area contributed by atoms with Gasteiger partial charge in [-0.1, -0.05) is 12.1 Å². The number of hydrogen-bond donors (Lipinski definition) is 0. The molecule has 0 amide bonds. The zero-order valence-corrected chi connectivity index (χ0v) is 12.8. The highest BCUT2D eigenvalue weighted by Crippen LogP contribution is 2.19. The first-order valence-corrected chi connectivity index (χ1v) is 6.84. The number of ether oxygens (including phenoxy) is 1. The first-order valence-electron chi connectivity index (χ1n) is 6.84. The Bertz CT molecular complexity index is 691. The molecule has 0 aliphatic carbocycles. The summed E-state index contributed by atoms with van der Waals surface area (Å²) in [5, 5.41) is 0. The molecule has 114 valence electrons. The van der Waals surface area contributed by atoms with Gasteiger partial charge in [-0.15, -0.1) is 0 Å². The molecule has 22 heavy (non-hydrogen) atoms. The zero-order chi connectivity index (χ0) is 16.1. The highest BCUT2D eigenvalue weighted by molar-refractivity contribution is 6.06. The molecule has 0 aromatic heterocycles. The van der Waals surface area contributed by atoms with E-state index >= 15 is 0 Å². The molecule has 4 heteroatoms. The molecule has 0 N–H and O–H groups in total. The molecule has 2 rings (SSSR count). The monoisotopic (exact) mass is 299 g/mol. The van der Waals surface area contributed by atoms with E-state index in [1.807, 2.05) is 31.1 Å². The Morgan fingerprint density at radius 3 is 2.36 bits per heavy atom. The van der Waals surface area contributed by atoms with Crippen LogP contribution >= 0.6 is 0 Å². The molecule has 2 aromatic carbocycles. The van der Waals surface area contributed by atoms with Crippen LogP contribution in [0.4, 0.5) is 10.1 Å². The minimum Gasteiger partial charge on any atom is -0.494 e. The van der Waals surface area contributed by atoms with Gasteiger partial charge >= 0.3 is 0 Å². The number of anilines is 1. The van der Waals surface area contributed by atoms with Crippen molar-refractivity contribution in [1.29, 1.82) is 0 Å². The number of benzene rings is 2. The van der Waals surface area contributed by atoms with Crippen LogP contribution in [-0.2, 0) is 0 Å². The number of carbonyl (C=O) groups is 1. The lowest BCUT2D eigenvalue weighted by Gasteiger charge is -2.11. The molecule has 0 radical (unpaired) electrons. The van der Waals surface area contributed by atoms with Gasteiger partial charge in [0.1, 0.15) is 0 Å². The van der Waals surface area contributed by atoms with Crippen molar-refractivity contribution >= 4 is 17.5 Å². The van der Waals surface area contributed by atoms with Gasteiger partial charge in [-0.05, 0) is 48.0 Å². The molecule has 3 nitrogen and oxygen atoms in total. The quantitative estimate of drug-likeness (QED) is 0.621. The first kappa shape index (κ1) is 15.8. The van der Waals surface area contributed by atoms with Crippen LogP contribution in [0.2, 0.25) is 0 Å². The van der Waals surface area contributed by atoms with Crippen LogP contribution in [0.25, 0.3) is 6.08 Å². The van der Waals surface area contributed by atoms with Crippen molar-refractivity contribution in [3.8, 4) is 5.75 Å².